The van der Waals surface area contributed by atoms with Crippen molar-refractivity contribution in [3.8, 4) is 0 Å². The molecule has 0 amide bonds. The molecule has 1 aromatic rings. The number of nitrogens with zero attached hydrogens (tertiary/aromatic N) is 2. The molecule has 4 nitrogen and oxygen atoms in total. The van der Waals surface area contributed by atoms with E-state index in [2.05, 4.69) is 29.3 Å². The minimum absolute atomic E-state index is 0. The first kappa shape index (κ1) is 18.5. The molecule has 1 atom stereocenters. The first-order valence-electron chi connectivity index (χ1n) is 7.38. The number of halogens is 2. The van der Waals surface area contributed by atoms with E-state index in [1.807, 2.05) is 0 Å². The maximum atomic E-state index is 5.52. The van der Waals surface area contributed by atoms with Crippen molar-refractivity contribution in [2.75, 3.05) is 44.3 Å². The van der Waals surface area contributed by atoms with Gasteiger partial charge in [0.2, 0.25) is 0 Å². The van der Waals surface area contributed by atoms with Gasteiger partial charge in [0.25, 0.3) is 0 Å². The van der Waals surface area contributed by atoms with Gasteiger partial charge in [0, 0.05) is 32.2 Å². The molecule has 2 aliphatic heterocycles. The summed E-state index contributed by atoms with van der Waals surface area (Å²) in [4.78, 5) is 7.31. The predicted octanol–water partition coefficient (Wildman–Crippen LogP) is 2.40. The van der Waals surface area contributed by atoms with E-state index in [-0.39, 0.29) is 24.8 Å². The molecular formula is C15H25Cl2N3O. The zero-order chi connectivity index (χ0) is 13.1. The average Bonchev–Trinajstić information content (AvgIpc) is 2.80. The Morgan fingerprint density at radius 2 is 2.10 bits per heavy atom. The molecule has 21 heavy (non-hydrogen) atoms. The van der Waals surface area contributed by atoms with Crippen LogP contribution in [-0.2, 0) is 11.2 Å². The molecule has 2 aliphatic rings. The number of pyridine rings is 1. The van der Waals surface area contributed by atoms with Gasteiger partial charge in [0.1, 0.15) is 5.82 Å². The van der Waals surface area contributed by atoms with Crippen LogP contribution in [0.5, 0.6) is 0 Å². The van der Waals surface area contributed by atoms with Crippen molar-refractivity contribution in [3.63, 3.8) is 0 Å². The summed E-state index contributed by atoms with van der Waals surface area (Å²) in [7, 11) is 0. The van der Waals surface area contributed by atoms with E-state index in [1.165, 1.54) is 11.3 Å². The number of anilines is 1. The van der Waals surface area contributed by atoms with Crippen LogP contribution in [0.4, 0.5) is 5.82 Å². The lowest BCUT2D eigenvalue weighted by atomic mass is 10.0. The van der Waals surface area contributed by atoms with Crippen molar-refractivity contribution in [1.82, 2.24) is 10.3 Å². The molecule has 6 heteroatoms. The van der Waals surface area contributed by atoms with E-state index in [9.17, 15) is 0 Å². The maximum Gasteiger partial charge on any atom is 0.128 e. The quantitative estimate of drug-likeness (QED) is 0.856. The Morgan fingerprint density at radius 1 is 1.24 bits per heavy atom. The van der Waals surface area contributed by atoms with Crippen LogP contribution in [0.3, 0.4) is 0 Å². The summed E-state index contributed by atoms with van der Waals surface area (Å²) < 4.78 is 5.52. The number of ether oxygens (including phenoxy) is 1. The molecule has 120 valence electrons. The third-order valence-corrected chi connectivity index (χ3v) is 4.03. The highest BCUT2D eigenvalue weighted by molar-refractivity contribution is 5.85. The van der Waals surface area contributed by atoms with E-state index in [0.29, 0.717) is 5.92 Å². The van der Waals surface area contributed by atoms with Gasteiger partial charge in [0.15, 0.2) is 0 Å². The molecule has 1 aromatic heterocycles. The van der Waals surface area contributed by atoms with Crippen molar-refractivity contribution in [2.45, 2.75) is 25.7 Å². The summed E-state index contributed by atoms with van der Waals surface area (Å²) in [6.45, 7) is 8.07. The van der Waals surface area contributed by atoms with E-state index >= 15 is 0 Å². The molecular weight excluding hydrogens is 309 g/mol. The molecule has 0 radical (unpaired) electrons. The lowest BCUT2D eigenvalue weighted by Gasteiger charge is -2.23. The van der Waals surface area contributed by atoms with E-state index in [4.69, 9.17) is 9.72 Å². The van der Waals surface area contributed by atoms with Crippen molar-refractivity contribution in [3.05, 3.63) is 23.4 Å². The van der Waals surface area contributed by atoms with E-state index in [1.54, 1.807) is 0 Å². The molecule has 3 heterocycles. The zero-order valence-corrected chi connectivity index (χ0v) is 14.1. The van der Waals surface area contributed by atoms with Crippen molar-refractivity contribution < 1.29 is 4.74 Å². The van der Waals surface area contributed by atoms with Crippen LogP contribution in [0.25, 0.3) is 0 Å². The summed E-state index contributed by atoms with van der Waals surface area (Å²) >= 11 is 0. The Balaban J connectivity index is 0.00000110. The molecule has 0 saturated carbocycles. The molecule has 1 unspecified atom stereocenters. The average molecular weight is 334 g/mol. The lowest BCUT2D eigenvalue weighted by Crippen LogP contribution is -2.27. The minimum Gasteiger partial charge on any atom is -0.380 e. The Kier molecular flexibility index (Phi) is 7.74. The van der Waals surface area contributed by atoms with Gasteiger partial charge in [-0.25, -0.2) is 4.98 Å². The fourth-order valence-corrected chi connectivity index (χ4v) is 2.92. The molecule has 0 aromatic carbocycles. The second-order valence-corrected chi connectivity index (χ2v) is 5.52. The van der Waals surface area contributed by atoms with Crippen LogP contribution in [0, 0.1) is 0 Å². The van der Waals surface area contributed by atoms with Crippen LogP contribution in [0.1, 0.15) is 30.5 Å². The van der Waals surface area contributed by atoms with Gasteiger partial charge in [-0.2, -0.15) is 0 Å². The normalized spacial score (nSPS) is 22.1. The molecule has 0 bridgehead atoms. The lowest BCUT2D eigenvalue weighted by molar-refractivity contribution is 0.152. The highest BCUT2D eigenvalue weighted by Gasteiger charge is 2.18. The van der Waals surface area contributed by atoms with Gasteiger partial charge >= 0.3 is 0 Å². The number of rotatable bonds is 1. The standard InChI is InChI=1S/C15H23N3O.2ClH/c1-12-11-16-6-5-13-3-4-14(17-15(12)13)18-7-2-9-19-10-8-18;;/h3-4,12,16H,2,5-11H2,1H3;2*1H. The summed E-state index contributed by atoms with van der Waals surface area (Å²) in [5.41, 5.74) is 2.69. The van der Waals surface area contributed by atoms with E-state index in [0.717, 1.165) is 58.1 Å². The topological polar surface area (TPSA) is 37.4 Å². The SMILES string of the molecule is CC1CNCCc2ccc(N3CCCOCC3)nc21.Cl.Cl. The second-order valence-electron chi connectivity index (χ2n) is 5.52. The van der Waals surface area contributed by atoms with E-state index < -0.39 is 0 Å². The Morgan fingerprint density at radius 3 is 2.95 bits per heavy atom. The van der Waals surface area contributed by atoms with Crippen molar-refractivity contribution >= 4 is 30.6 Å². The molecule has 1 fully saturated rings. The molecule has 1 saturated heterocycles. The summed E-state index contributed by atoms with van der Waals surface area (Å²) in [5, 5.41) is 3.48. The van der Waals surface area contributed by atoms with Crippen molar-refractivity contribution in [1.29, 1.82) is 0 Å². The third kappa shape index (κ3) is 4.46. The van der Waals surface area contributed by atoms with Crippen LogP contribution >= 0.6 is 24.8 Å². The zero-order valence-electron chi connectivity index (χ0n) is 12.5. The fourth-order valence-electron chi connectivity index (χ4n) is 2.92. The Hall–Kier alpha value is -0.550. The first-order chi connectivity index (χ1) is 9.34. The second kappa shape index (κ2) is 8.79. The van der Waals surface area contributed by atoms with Crippen LogP contribution < -0.4 is 10.2 Å². The highest BCUT2D eigenvalue weighted by Crippen LogP contribution is 2.24. The number of hydrogen-bond donors (Lipinski definition) is 1. The Labute approximate surface area is 139 Å². The number of nitrogens with one attached hydrogen (secondary N) is 1. The van der Waals surface area contributed by atoms with Crippen molar-refractivity contribution in [2.24, 2.45) is 0 Å². The van der Waals surface area contributed by atoms with Gasteiger partial charge in [-0.1, -0.05) is 13.0 Å². The fraction of sp³-hybridized carbons (Fsp3) is 0.667. The first-order valence-corrected chi connectivity index (χ1v) is 7.38. The highest BCUT2D eigenvalue weighted by atomic mass is 35.5. The number of fused-ring (bicyclic) bond motifs is 1. The largest absolute Gasteiger partial charge is 0.380 e. The monoisotopic (exact) mass is 333 g/mol. The predicted molar refractivity (Wildman–Crippen MR) is 91.4 cm³/mol. The summed E-state index contributed by atoms with van der Waals surface area (Å²) in [6.07, 6.45) is 2.19. The summed E-state index contributed by atoms with van der Waals surface area (Å²) in [6, 6.07) is 4.45. The molecule has 1 N–H and O–H groups in total. The van der Waals surface area contributed by atoms with Gasteiger partial charge in [-0.15, -0.1) is 24.8 Å². The molecule has 0 spiro atoms. The number of aromatic nitrogens is 1. The van der Waals surface area contributed by atoms with Crippen LogP contribution in [-0.4, -0.2) is 44.4 Å². The Bertz CT molecular complexity index is 437. The van der Waals surface area contributed by atoms with Gasteiger partial charge in [-0.05, 0) is 31.0 Å². The van der Waals surface area contributed by atoms with Crippen LogP contribution in [0.2, 0.25) is 0 Å². The third-order valence-electron chi connectivity index (χ3n) is 4.03. The smallest absolute Gasteiger partial charge is 0.128 e. The molecule has 0 aliphatic carbocycles. The van der Waals surface area contributed by atoms with Gasteiger partial charge < -0.3 is 15.0 Å². The summed E-state index contributed by atoms with van der Waals surface area (Å²) in [5.74, 6) is 1.62. The maximum absolute atomic E-state index is 5.52. The van der Waals surface area contributed by atoms with Gasteiger partial charge in [-0.3, -0.25) is 0 Å². The minimum atomic E-state index is 0. The van der Waals surface area contributed by atoms with Crippen LogP contribution in [0.15, 0.2) is 12.1 Å². The van der Waals surface area contributed by atoms with Gasteiger partial charge in [0.05, 0.1) is 12.3 Å². The molecule has 3 rings (SSSR count). The number of hydrogen-bond acceptors (Lipinski definition) is 4.